The van der Waals surface area contributed by atoms with Crippen LogP contribution in [0, 0.1) is 0 Å². The van der Waals surface area contributed by atoms with E-state index in [1.807, 2.05) is 47.4 Å². The van der Waals surface area contributed by atoms with Crippen LogP contribution < -0.4 is 9.80 Å². The fraction of sp³-hybridized carbons (Fsp3) is 0.567. The molecule has 3 nitrogen and oxygen atoms in total. The second-order valence-corrected chi connectivity index (χ2v) is 9.30. The Morgan fingerprint density at radius 3 is 1.70 bits per heavy atom. The maximum atomic E-state index is 13.4. The van der Waals surface area contributed by atoms with E-state index in [1.165, 1.54) is 76.3 Å². The molecule has 0 spiro atoms. The molecule has 1 amide bonds. The highest BCUT2D eigenvalue weighted by Gasteiger charge is 2.17. The van der Waals surface area contributed by atoms with Crippen molar-refractivity contribution < 1.29 is 4.79 Å². The van der Waals surface area contributed by atoms with Gasteiger partial charge >= 0.3 is 0 Å². The second kappa shape index (κ2) is 16.3. The SMILES string of the molecule is CCCCCCCCN(C)c1ccc(C(=O)N(CCCCCCCC)c2ccccc2)cc1. The van der Waals surface area contributed by atoms with Crippen molar-refractivity contribution in [1.82, 2.24) is 0 Å². The summed E-state index contributed by atoms with van der Waals surface area (Å²) in [7, 11) is 2.15. The van der Waals surface area contributed by atoms with Crippen LogP contribution in [0.15, 0.2) is 54.6 Å². The number of hydrogen-bond donors (Lipinski definition) is 0. The van der Waals surface area contributed by atoms with Gasteiger partial charge in [-0.25, -0.2) is 0 Å². The van der Waals surface area contributed by atoms with Gasteiger partial charge in [0.15, 0.2) is 0 Å². The van der Waals surface area contributed by atoms with Gasteiger partial charge in [-0.3, -0.25) is 4.79 Å². The van der Waals surface area contributed by atoms with Gasteiger partial charge < -0.3 is 9.80 Å². The molecule has 3 heteroatoms. The van der Waals surface area contributed by atoms with E-state index in [2.05, 4.69) is 37.9 Å². The lowest BCUT2D eigenvalue weighted by molar-refractivity contribution is 0.0986. The van der Waals surface area contributed by atoms with Crippen molar-refractivity contribution in [3.63, 3.8) is 0 Å². The Morgan fingerprint density at radius 1 is 0.606 bits per heavy atom. The highest BCUT2D eigenvalue weighted by Crippen LogP contribution is 2.21. The number of para-hydroxylation sites is 1. The summed E-state index contributed by atoms with van der Waals surface area (Å²) in [4.78, 5) is 17.7. The Hall–Kier alpha value is -2.29. The van der Waals surface area contributed by atoms with Crippen LogP contribution in [0.1, 0.15) is 101 Å². The molecule has 0 saturated heterocycles. The lowest BCUT2D eigenvalue weighted by atomic mass is 10.1. The fourth-order valence-corrected chi connectivity index (χ4v) is 4.28. The highest BCUT2D eigenvalue weighted by molar-refractivity contribution is 6.06. The third-order valence-electron chi connectivity index (χ3n) is 6.45. The summed E-state index contributed by atoms with van der Waals surface area (Å²) in [6, 6.07) is 18.3. The average molecular weight is 451 g/mol. The molecular formula is C30H46N2O. The number of anilines is 2. The van der Waals surface area contributed by atoms with Gasteiger partial charge in [0, 0.05) is 37.1 Å². The zero-order valence-corrected chi connectivity index (χ0v) is 21.4. The Balaban J connectivity index is 1.92. The Kier molecular flexibility index (Phi) is 13.4. The van der Waals surface area contributed by atoms with Crippen molar-refractivity contribution in [2.75, 3.05) is 29.9 Å². The molecule has 182 valence electrons. The Bertz CT molecular complexity index is 757. The van der Waals surface area contributed by atoms with Gasteiger partial charge in [0.05, 0.1) is 0 Å². The summed E-state index contributed by atoms with van der Waals surface area (Å²) in [6.07, 6.45) is 15.2. The number of rotatable bonds is 17. The van der Waals surface area contributed by atoms with Gasteiger partial charge in [0.2, 0.25) is 0 Å². The normalized spacial score (nSPS) is 10.9. The molecule has 0 heterocycles. The van der Waals surface area contributed by atoms with E-state index >= 15 is 0 Å². The largest absolute Gasteiger partial charge is 0.375 e. The van der Waals surface area contributed by atoms with Gasteiger partial charge in [-0.05, 0) is 49.2 Å². The smallest absolute Gasteiger partial charge is 0.258 e. The van der Waals surface area contributed by atoms with E-state index in [9.17, 15) is 4.79 Å². The van der Waals surface area contributed by atoms with Crippen LogP contribution in [-0.4, -0.2) is 26.0 Å². The minimum atomic E-state index is 0.0971. The third-order valence-corrected chi connectivity index (χ3v) is 6.45. The van der Waals surface area contributed by atoms with Crippen LogP contribution >= 0.6 is 0 Å². The first-order chi connectivity index (χ1) is 16.2. The van der Waals surface area contributed by atoms with Gasteiger partial charge in [0.25, 0.3) is 5.91 Å². The minimum absolute atomic E-state index is 0.0971. The highest BCUT2D eigenvalue weighted by atomic mass is 16.2. The number of carbonyl (C=O) groups excluding carboxylic acids is 1. The van der Waals surface area contributed by atoms with Crippen molar-refractivity contribution in [2.45, 2.75) is 90.9 Å². The van der Waals surface area contributed by atoms with Gasteiger partial charge in [-0.1, -0.05) is 96.3 Å². The molecule has 0 saturated carbocycles. The zero-order valence-electron chi connectivity index (χ0n) is 21.4. The zero-order chi connectivity index (χ0) is 23.7. The lowest BCUT2D eigenvalue weighted by Gasteiger charge is -2.24. The number of amides is 1. The van der Waals surface area contributed by atoms with Gasteiger partial charge in [0.1, 0.15) is 0 Å². The van der Waals surface area contributed by atoms with E-state index in [4.69, 9.17) is 0 Å². The van der Waals surface area contributed by atoms with Crippen LogP contribution in [-0.2, 0) is 0 Å². The van der Waals surface area contributed by atoms with Crippen molar-refractivity contribution in [3.8, 4) is 0 Å². The Morgan fingerprint density at radius 2 is 1.12 bits per heavy atom. The maximum absolute atomic E-state index is 13.4. The molecule has 0 aliphatic rings. The van der Waals surface area contributed by atoms with Gasteiger partial charge in [-0.2, -0.15) is 0 Å². The van der Waals surface area contributed by atoms with Crippen LogP contribution in [0.3, 0.4) is 0 Å². The molecule has 0 atom stereocenters. The molecule has 0 aliphatic heterocycles. The van der Waals surface area contributed by atoms with Crippen LogP contribution in [0.25, 0.3) is 0 Å². The fourth-order valence-electron chi connectivity index (χ4n) is 4.28. The summed E-state index contributed by atoms with van der Waals surface area (Å²) in [5.41, 5.74) is 2.93. The van der Waals surface area contributed by atoms with Gasteiger partial charge in [-0.15, -0.1) is 0 Å². The molecule has 2 aromatic rings. The van der Waals surface area contributed by atoms with Crippen LogP contribution in [0.5, 0.6) is 0 Å². The van der Waals surface area contributed by atoms with Crippen LogP contribution in [0.4, 0.5) is 11.4 Å². The first-order valence-electron chi connectivity index (χ1n) is 13.4. The standard InChI is InChI=1S/C30H46N2O/c1-4-6-8-10-12-17-25-31(3)28-23-21-27(22-24-28)30(33)32(29-19-15-14-16-20-29)26-18-13-11-9-7-5-2/h14-16,19-24H,4-13,17-18,25-26H2,1-3H3. The second-order valence-electron chi connectivity index (χ2n) is 9.30. The van der Waals surface area contributed by atoms with Crippen LogP contribution in [0.2, 0.25) is 0 Å². The first kappa shape index (κ1) is 27.0. The summed E-state index contributed by atoms with van der Waals surface area (Å²) >= 11 is 0. The average Bonchev–Trinajstić information content (AvgIpc) is 2.86. The van der Waals surface area contributed by atoms with E-state index in [1.54, 1.807) is 0 Å². The summed E-state index contributed by atoms with van der Waals surface area (Å²) in [6.45, 7) is 6.34. The molecule has 0 unspecified atom stereocenters. The van der Waals surface area contributed by atoms with Crippen molar-refractivity contribution >= 4 is 17.3 Å². The number of benzene rings is 2. The number of hydrogen-bond acceptors (Lipinski definition) is 2. The summed E-state index contributed by atoms with van der Waals surface area (Å²) < 4.78 is 0. The van der Waals surface area contributed by atoms with Crippen molar-refractivity contribution in [2.24, 2.45) is 0 Å². The predicted octanol–water partition coefficient (Wildman–Crippen LogP) is 8.49. The third kappa shape index (κ3) is 10.0. The first-order valence-corrected chi connectivity index (χ1v) is 13.4. The molecule has 2 rings (SSSR count). The molecule has 0 fully saturated rings. The molecule has 0 aliphatic carbocycles. The van der Waals surface area contributed by atoms with E-state index in [0.29, 0.717) is 0 Å². The predicted molar refractivity (Wildman–Crippen MR) is 145 cm³/mol. The minimum Gasteiger partial charge on any atom is -0.375 e. The number of nitrogens with zero attached hydrogens (tertiary/aromatic N) is 2. The summed E-state index contributed by atoms with van der Waals surface area (Å²) in [5.74, 6) is 0.0971. The monoisotopic (exact) mass is 450 g/mol. The molecule has 0 radical (unpaired) electrons. The molecule has 0 bridgehead atoms. The van der Waals surface area contributed by atoms with E-state index in [-0.39, 0.29) is 5.91 Å². The quantitative estimate of drug-likeness (QED) is 0.226. The molecule has 33 heavy (non-hydrogen) atoms. The molecular weight excluding hydrogens is 404 g/mol. The van der Waals surface area contributed by atoms with E-state index in [0.717, 1.165) is 30.8 Å². The molecule has 2 aromatic carbocycles. The molecule has 0 aromatic heterocycles. The van der Waals surface area contributed by atoms with Crippen molar-refractivity contribution in [3.05, 3.63) is 60.2 Å². The van der Waals surface area contributed by atoms with Crippen molar-refractivity contribution in [1.29, 1.82) is 0 Å². The summed E-state index contributed by atoms with van der Waals surface area (Å²) in [5, 5.41) is 0. The van der Waals surface area contributed by atoms with E-state index < -0.39 is 0 Å². The number of unbranched alkanes of at least 4 members (excludes halogenated alkanes) is 10. The Labute approximate surface area is 203 Å². The number of carbonyl (C=O) groups is 1. The topological polar surface area (TPSA) is 23.6 Å². The molecule has 0 N–H and O–H groups in total. The maximum Gasteiger partial charge on any atom is 0.258 e. The lowest BCUT2D eigenvalue weighted by Crippen LogP contribution is -2.32.